The number of carbonyl (C=O) groups excluding carboxylic acids is 2. The zero-order chi connectivity index (χ0) is 30.2. The third-order valence-electron chi connectivity index (χ3n) is 7.62. The summed E-state index contributed by atoms with van der Waals surface area (Å²) in [7, 11) is 2.56. The molecule has 3 aromatic rings. The largest absolute Gasteiger partial charge is 0.510 e. The molecule has 1 aromatic heterocycles. The molecule has 4 heterocycles. The summed E-state index contributed by atoms with van der Waals surface area (Å²) in [5, 5.41) is 6.02. The Bertz CT molecular complexity index is 1700. The average Bonchev–Trinajstić information content (AvgIpc) is 3.17. The van der Waals surface area contributed by atoms with Crippen molar-refractivity contribution in [2.75, 3.05) is 32.6 Å². The van der Waals surface area contributed by atoms with Gasteiger partial charge in [-0.1, -0.05) is 29.4 Å². The minimum Gasteiger partial charge on any atom is -0.451 e. The normalized spacial score (nSPS) is 19.9. The number of piperidine rings is 1. The second-order valence-corrected chi connectivity index (χ2v) is 10.9. The van der Waals surface area contributed by atoms with E-state index < -0.39 is 48.1 Å². The number of nitrogens with zero attached hydrogens (tertiary/aromatic N) is 4. The molecule has 14 heteroatoms. The van der Waals surface area contributed by atoms with Crippen LogP contribution in [0.2, 0.25) is 0 Å². The van der Waals surface area contributed by atoms with Gasteiger partial charge in [-0.15, -0.1) is 11.8 Å². The number of hydrogen-bond donors (Lipinski definition) is 0. The van der Waals surface area contributed by atoms with E-state index in [0.717, 1.165) is 23.6 Å². The molecule has 43 heavy (non-hydrogen) atoms. The van der Waals surface area contributed by atoms with Gasteiger partial charge in [0.05, 0.1) is 18.9 Å². The lowest BCUT2D eigenvalue weighted by molar-refractivity contribution is 0.0129. The third-order valence-corrected chi connectivity index (χ3v) is 8.73. The van der Waals surface area contributed by atoms with E-state index in [1.165, 1.54) is 35.8 Å². The predicted octanol–water partition coefficient (Wildman–Crippen LogP) is 4.16. The SMILES string of the molecule is CO/N=C1\CCN2C(=O)c3c(OCOC(=O)OC)c(=O)ccn3N([C@@H]3c4ccccc4SCc4c3ccc(F)c4F)[C@@H]2C1. The smallest absolute Gasteiger partial charge is 0.451 e. The van der Waals surface area contributed by atoms with Gasteiger partial charge in [0, 0.05) is 47.9 Å². The molecule has 3 aliphatic rings. The van der Waals surface area contributed by atoms with Gasteiger partial charge in [0.15, 0.2) is 17.3 Å². The second-order valence-electron chi connectivity index (χ2n) is 9.87. The second kappa shape index (κ2) is 11.6. The maximum Gasteiger partial charge on any atom is 0.510 e. The first-order valence-corrected chi connectivity index (χ1v) is 14.3. The molecular formula is C29H26F2N4O7S. The van der Waals surface area contributed by atoms with Crippen molar-refractivity contribution in [2.24, 2.45) is 5.16 Å². The summed E-state index contributed by atoms with van der Waals surface area (Å²) in [4.78, 5) is 46.2. The molecule has 3 aliphatic heterocycles. The van der Waals surface area contributed by atoms with Crippen molar-refractivity contribution >= 4 is 29.5 Å². The number of oxime groups is 1. The number of amides is 1. The molecule has 0 unspecified atom stereocenters. The highest BCUT2D eigenvalue weighted by Crippen LogP contribution is 2.45. The Morgan fingerprint density at radius 1 is 1.09 bits per heavy atom. The third kappa shape index (κ3) is 4.94. The number of rotatable bonds is 5. The molecule has 0 radical (unpaired) electrons. The summed E-state index contributed by atoms with van der Waals surface area (Å²) in [6, 6.07) is 10.7. The van der Waals surface area contributed by atoms with Gasteiger partial charge in [0.25, 0.3) is 5.91 Å². The Labute approximate surface area is 248 Å². The van der Waals surface area contributed by atoms with Crippen LogP contribution < -0.4 is 15.2 Å². The van der Waals surface area contributed by atoms with Crippen LogP contribution in [-0.2, 0) is 20.1 Å². The van der Waals surface area contributed by atoms with Crippen molar-refractivity contribution in [3.05, 3.63) is 92.9 Å². The van der Waals surface area contributed by atoms with E-state index in [9.17, 15) is 18.8 Å². The lowest BCUT2D eigenvalue weighted by atomic mass is 9.91. The van der Waals surface area contributed by atoms with Crippen molar-refractivity contribution in [3.63, 3.8) is 0 Å². The first-order chi connectivity index (χ1) is 20.8. The van der Waals surface area contributed by atoms with E-state index in [1.807, 2.05) is 29.3 Å². The zero-order valence-corrected chi connectivity index (χ0v) is 23.9. The maximum absolute atomic E-state index is 15.4. The first kappa shape index (κ1) is 28.5. The average molecular weight is 613 g/mol. The Morgan fingerprint density at radius 3 is 2.70 bits per heavy atom. The number of benzene rings is 2. The summed E-state index contributed by atoms with van der Waals surface area (Å²) in [5.41, 5.74) is 1.47. The number of thioether (sulfide) groups is 1. The van der Waals surface area contributed by atoms with Crippen LogP contribution in [0.3, 0.4) is 0 Å². The molecular weight excluding hydrogens is 586 g/mol. The monoisotopic (exact) mass is 612 g/mol. The standard InChI is InChI=1S/C29H26F2N4O7S/c1-39-29(38)42-15-41-27-21(36)10-12-34-26(27)28(37)33-11-9-16(32-40-2)13-23(33)35(34)25-17-7-8-20(30)24(31)19(17)14-43-22-6-4-3-5-18(22)25/h3-8,10,12,23,25H,9,11,13-15H2,1-2H3/b32-16+/t23-,25+/m1/s1. The van der Waals surface area contributed by atoms with Gasteiger partial charge in [-0.3, -0.25) is 19.3 Å². The van der Waals surface area contributed by atoms with Crippen molar-refractivity contribution in [1.29, 1.82) is 0 Å². The Balaban J connectivity index is 1.59. The van der Waals surface area contributed by atoms with Gasteiger partial charge in [0.1, 0.15) is 13.3 Å². The van der Waals surface area contributed by atoms with Gasteiger partial charge < -0.3 is 23.9 Å². The van der Waals surface area contributed by atoms with Gasteiger partial charge in [0.2, 0.25) is 18.0 Å². The predicted molar refractivity (Wildman–Crippen MR) is 151 cm³/mol. The lowest BCUT2D eigenvalue weighted by Gasteiger charge is -2.51. The summed E-state index contributed by atoms with van der Waals surface area (Å²) in [5.74, 6) is -2.55. The van der Waals surface area contributed by atoms with Crippen molar-refractivity contribution in [1.82, 2.24) is 9.58 Å². The Hall–Kier alpha value is -4.59. The van der Waals surface area contributed by atoms with Crippen LogP contribution in [0, 0.1) is 11.6 Å². The molecule has 6 rings (SSSR count). The van der Waals surface area contributed by atoms with Crippen molar-refractivity contribution in [3.8, 4) is 5.75 Å². The van der Waals surface area contributed by atoms with E-state index in [-0.39, 0.29) is 35.7 Å². The van der Waals surface area contributed by atoms with Gasteiger partial charge in [-0.2, -0.15) is 0 Å². The number of pyridine rings is 1. The summed E-state index contributed by atoms with van der Waals surface area (Å²) in [6.07, 6.45) is 0.445. The molecule has 11 nitrogen and oxygen atoms in total. The molecule has 0 aliphatic carbocycles. The fourth-order valence-electron chi connectivity index (χ4n) is 5.77. The molecule has 2 atom stereocenters. The minimum atomic E-state index is -1.03. The van der Waals surface area contributed by atoms with E-state index >= 15 is 4.39 Å². The number of aromatic nitrogens is 1. The molecule has 2 aromatic carbocycles. The zero-order valence-electron chi connectivity index (χ0n) is 23.1. The van der Waals surface area contributed by atoms with Crippen LogP contribution in [0.5, 0.6) is 5.75 Å². The highest BCUT2D eigenvalue weighted by molar-refractivity contribution is 7.98. The van der Waals surface area contributed by atoms with Crippen LogP contribution in [0.25, 0.3) is 0 Å². The highest BCUT2D eigenvalue weighted by Gasteiger charge is 2.47. The fourth-order valence-corrected chi connectivity index (χ4v) is 6.88. The number of halogens is 2. The number of fused-ring (bicyclic) bond motifs is 4. The lowest BCUT2D eigenvalue weighted by Crippen LogP contribution is -2.65. The van der Waals surface area contributed by atoms with Gasteiger partial charge in [-0.05, 0) is 23.3 Å². The van der Waals surface area contributed by atoms with E-state index in [1.54, 1.807) is 11.0 Å². The summed E-state index contributed by atoms with van der Waals surface area (Å²) in [6.45, 7) is -0.451. The van der Waals surface area contributed by atoms with E-state index in [0.29, 0.717) is 17.7 Å². The number of ether oxygens (including phenoxy) is 3. The van der Waals surface area contributed by atoms with Gasteiger partial charge in [-0.25, -0.2) is 13.6 Å². The van der Waals surface area contributed by atoms with Crippen LogP contribution in [0.4, 0.5) is 13.6 Å². The van der Waals surface area contributed by atoms with E-state index in [2.05, 4.69) is 9.89 Å². The molecule has 1 amide bonds. The molecule has 1 saturated heterocycles. The maximum atomic E-state index is 15.4. The van der Waals surface area contributed by atoms with Gasteiger partial charge >= 0.3 is 6.16 Å². The summed E-state index contributed by atoms with van der Waals surface area (Å²) >= 11 is 1.38. The Morgan fingerprint density at radius 2 is 1.91 bits per heavy atom. The summed E-state index contributed by atoms with van der Waals surface area (Å²) < 4.78 is 46.3. The molecule has 224 valence electrons. The van der Waals surface area contributed by atoms with Crippen molar-refractivity contribution in [2.45, 2.75) is 35.7 Å². The highest BCUT2D eigenvalue weighted by atomic mass is 32.2. The van der Waals surface area contributed by atoms with Crippen LogP contribution in [0.15, 0.2) is 63.5 Å². The topological polar surface area (TPSA) is 112 Å². The fraction of sp³-hybridized carbons (Fsp3) is 0.310. The first-order valence-electron chi connectivity index (χ1n) is 13.3. The number of methoxy groups -OCH3 is 1. The van der Waals surface area contributed by atoms with Crippen LogP contribution in [-0.4, -0.2) is 61.1 Å². The number of hydrogen-bond acceptors (Lipinski definition) is 10. The molecule has 0 bridgehead atoms. The molecule has 0 saturated carbocycles. The number of carbonyl (C=O) groups is 2. The quantitative estimate of drug-likeness (QED) is 0.238. The Kier molecular flexibility index (Phi) is 7.69. The molecule has 0 N–H and O–H groups in total. The van der Waals surface area contributed by atoms with Crippen molar-refractivity contribution < 1.29 is 37.4 Å². The molecule has 1 fully saturated rings. The van der Waals surface area contributed by atoms with E-state index in [4.69, 9.17) is 14.3 Å². The van der Waals surface area contributed by atoms with Crippen LogP contribution in [0.1, 0.15) is 46.1 Å². The van der Waals surface area contributed by atoms with Crippen LogP contribution >= 0.6 is 11.8 Å². The minimum absolute atomic E-state index is 0.108. The molecule has 0 spiro atoms.